The van der Waals surface area contributed by atoms with Gasteiger partial charge >= 0.3 is 12.0 Å². The number of nitrogens with zero attached hydrogens (tertiary/aromatic N) is 1. The van der Waals surface area contributed by atoms with E-state index in [4.69, 9.17) is 4.74 Å². The highest BCUT2D eigenvalue weighted by Gasteiger charge is 2.43. The molecule has 0 unspecified atom stereocenters. The van der Waals surface area contributed by atoms with Gasteiger partial charge in [-0.15, -0.1) is 0 Å². The third kappa shape index (κ3) is 4.50. The highest BCUT2D eigenvalue weighted by Crippen LogP contribution is 2.36. The summed E-state index contributed by atoms with van der Waals surface area (Å²) in [6, 6.07) is 4.96. The van der Waals surface area contributed by atoms with E-state index in [1.54, 1.807) is 0 Å². The Kier molecular flexibility index (Phi) is 6.11. The zero-order chi connectivity index (χ0) is 22.0. The lowest BCUT2D eigenvalue weighted by atomic mass is 9.91. The summed E-state index contributed by atoms with van der Waals surface area (Å²) < 4.78 is 5.26. The van der Waals surface area contributed by atoms with Gasteiger partial charge in [0.25, 0.3) is 0 Å². The van der Waals surface area contributed by atoms with E-state index < -0.39 is 18.0 Å². The molecule has 164 valence electrons. The maximum Gasteiger partial charge on any atom is 0.338 e. The number of benzene rings is 1. The summed E-state index contributed by atoms with van der Waals surface area (Å²) in [5.74, 6) is -0.696. The van der Waals surface area contributed by atoms with Gasteiger partial charge in [-0.05, 0) is 57.1 Å². The van der Waals surface area contributed by atoms with Crippen LogP contribution in [0.25, 0.3) is 0 Å². The maximum absolute atomic E-state index is 12.9. The second kappa shape index (κ2) is 8.96. The monoisotopic (exact) mass is 423 g/mol. The summed E-state index contributed by atoms with van der Waals surface area (Å²) in [6.45, 7) is 4.33. The predicted octanol–water partition coefficient (Wildman–Crippen LogP) is 3.19. The molecule has 3 amide bonds. The number of carbonyl (C=O) groups is 3. The molecule has 2 heterocycles. The Hall–Kier alpha value is -3.09. The van der Waals surface area contributed by atoms with Gasteiger partial charge < -0.3 is 15.4 Å². The van der Waals surface area contributed by atoms with Gasteiger partial charge in [-0.3, -0.25) is 9.69 Å². The molecule has 0 aromatic heterocycles. The predicted molar refractivity (Wildman–Crippen MR) is 116 cm³/mol. The van der Waals surface area contributed by atoms with Gasteiger partial charge in [-0.25, -0.2) is 9.59 Å². The van der Waals surface area contributed by atoms with Crippen molar-refractivity contribution in [3.63, 3.8) is 0 Å². The summed E-state index contributed by atoms with van der Waals surface area (Å²) in [5, 5.41) is 5.80. The van der Waals surface area contributed by atoms with E-state index in [9.17, 15) is 14.4 Å². The first-order valence-electron chi connectivity index (χ1n) is 10.9. The topological polar surface area (TPSA) is 87.7 Å². The molecule has 4 rings (SSSR count). The molecule has 1 aliphatic carbocycles. The number of amides is 3. The van der Waals surface area contributed by atoms with Crippen molar-refractivity contribution in [1.29, 1.82) is 0 Å². The molecule has 31 heavy (non-hydrogen) atoms. The van der Waals surface area contributed by atoms with Crippen molar-refractivity contribution in [1.82, 2.24) is 15.5 Å². The van der Waals surface area contributed by atoms with E-state index in [2.05, 4.69) is 16.7 Å². The first-order valence-corrected chi connectivity index (χ1v) is 10.9. The van der Waals surface area contributed by atoms with Crippen LogP contribution in [0.5, 0.6) is 0 Å². The molecule has 3 aliphatic rings. The summed E-state index contributed by atoms with van der Waals surface area (Å²) in [4.78, 5) is 39.3. The van der Waals surface area contributed by atoms with Crippen LogP contribution < -0.4 is 10.6 Å². The number of rotatable bonds is 6. The summed E-state index contributed by atoms with van der Waals surface area (Å²) >= 11 is 0. The minimum Gasteiger partial charge on any atom is -0.456 e. The fraction of sp³-hybridized carbons (Fsp3) is 0.458. The maximum atomic E-state index is 12.9. The molecule has 1 atom stereocenters. The van der Waals surface area contributed by atoms with Crippen LogP contribution >= 0.6 is 0 Å². The lowest BCUT2D eigenvalue weighted by Gasteiger charge is -2.33. The Morgan fingerprint density at radius 3 is 2.87 bits per heavy atom. The van der Waals surface area contributed by atoms with Gasteiger partial charge in [-0.2, -0.15) is 0 Å². The molecule has 2 N–H and O–H groups in total. The van der Waals surface area contributed by atoms with Crippen molar-refractivity contribution in [2.45, 2.75) is 52.0 Å². The second-order valence-corrected chi connectivity index (χ2v) is 8.47. The molecule has 1 aromatic carbocycles. The fourth-order valence-corrected chi connectivity index (χ4v) is 4.48. The molecular weight excluding hydrogens is 394 g/mol. The van der Waals surface area contributed by atoms with Gasteiger partial charge in [0, 0.05) is 6.54 Å². The zero-order valence-electron chi connectivity index (χ0n) is 18.1. The van der Waals surface area contributed by atoms with Crippen LogP contribution in [0, 0.1) is 13.8 Å². The van der Waals surface area contributed by atoms with E-state index in [1.165, 1.54) is 23.3 Å². The van der Waals surface area contributed by atoms with Gasteiger partial charge in [0.05, 0.1) is 17.3 Å². The standard InChI is InChI=1S/C24H29N3O4/c1-15-8-9-16(2)18(12-15)22-21-19(14-31-23(21)29)27(24(30)26-22)13-20(28)25-11-10-17-6-4-3-5-7-17/h6,8-9,12,22H,3-5,7,10-11,13-14H2,1-2H3,(H,25,28)(H,26,30)/t22-/m1/s1. The van der Waals surface area contributed by atoms with Crippen molar-refractivity contribution in [2.24, 2.45) is 0 Å². The summed E-state index contributed by atoms with van der Waals surface area (Å²) in [6.07, 6.45) is 7.76. The number of urea groups is 1. The lowest BCUT2D eigenvalue weighted by Crippen LogP contribution is -2.50. The number of ether oxygens (including phenoxy) is 1. The van der Waals surface area contributed by atoms with Gasteiger partial charge in [0.15, 0.2) is 0 Å². The Morgan fingerprint density at radius 1 is 1.26 bits per heavy atom. The first kappa shape index (κ1) is 21.2. The highest BCUT2D eigenvalue weighted by atomic mass is 16.5. The molecule has 7 nitrogen and oxygen atoms in total. The number of esters is 1. The van der Waals surface area contributed by atoms with Crippen molar-refractivity contribution in [3.8, 4) is 0 Å². The molecule has 0 spiro atoms. The van der Waals surface area contributed by atoms with Gasteiger partial charge in [0.2, 0.25) is 5.91 Å². The second-order valence-electron chi connectivity index (χ2n) is 8.47. The van der Waals surface area contributed by atoms with E-state index in [0.29, 0.717) is 17.8 Å². The average Bonchev–Trinajstić information content (AvgIpc) is 3.14. The van der Waals surface area contributed by atoms with Crippen molar-refractivity contribution in [2.75, 3.05) is 19.7 Å². The average molecular weight is 424 g/mol. The largest absolute Gasteiger partial charge is 0.456 e. The van der Waals surface area contributed by atoms with Crippen LogP contribution in [0.4, 0.5) is 4.79 Å². The minimum absolute atomic E-state index is 0.00309. The van der Waals surface area contributed by atoms with E-state index >= 15 is 0 Å². The first-order chi connectivity index (χ1) is 14.9. The number of aryl methyl sites for hydroxylation is 2. The quantitative estimate of drug-likeness (QED) is 0.543. The molecule has 0 fully saturated rings. The highest BCUT2D eigenvalue weighted by molar-refractivity contribution is 5.98. The Morgan fingerprint density at radius 2 is 2.10 bits per heavy atom. The van der Waals surface area contributed by atoms with E-state index in [-0.39, 0.29) is 19.1 Å². The third-order valence-electron chi connectivity index (χ3n) is 6.20. The Labute approximate surface area is 182 Å². The molecular formula is C24H29N3O4. The fourth-order valence-electron chi connectivity index (χ4n) is 4.48. The number of cyclic esters (lactones) is 1. The van der Waals surface area contributed by atoms with E-state index in [0.717, 1.165) is 36.0 Å². The molecule has 0 radical (unpaired) electrons. The van der Waals surface area contributed by atoms with Crippen LogP contribution in [0.3, 0.4) is 0 Å². The molecule has 1 aromatic rings. The van der Waals surface area contributed by atoms with Crippen LogP contribution in [0.15, 0.2) is 41.1 Å². The van der Waals surface area contributed by atoms with Crippen LogP contribution in [-0.2, 0) is 14.3 Å². The number of hydrogen-bond donors (Lipinski definition) is 2. The number of hydrogen-bond acceptors (Lipinski definition) is 4. The third-order valence-corrected chi connectivity index (χ3v) is 6.20. The van der Waals surface area contributed by atoms with Crippen molar-refractivity contribution >= 4 is 17.9 Å². The molecule has 0 bridgehead atoms. The minimum atomic E-state index is -0.574. The number of carbonyl (C=O) groups excluding carboxylic acids is 3. The normalized spacial score (nSPS) is 20.8. The zero-order valence-corrected chi connectivity index (χ0v) is 18.1. The van der Waals surface area contributed by atoms with Crippen LogP contribution in [0.2, 0.25) is 0 Å². The number of nitrogens with one attached hydrogen (secondary N) is 2. The summed E-state index contributed by atoms with van der Waals surface area (Å²) in [5.41, 5.74) is 5.16. The molecule has 0 saturated heterocycles. The lowest BCUT2D eigenvalue weighted by molar-refractivity contribution is -0.136. The van der Waals surface area contributed by atoms with Crippen LogP contribution in [0.1, 0.15) is 54.8 Å². The SMILES string of the molecule is Cc1ccc(C)c([C@H]2NC(=O)N(CC(=O)NCCC3=CCCCC3)C3=C2C(=O)OC3)c1. The number of allylic oxidation sites excluding steroid dienone is 1. The van der Waals surface area contributed by atoms with E-state index in [1.807, 2.05) is 32.0 Å². The Bertz CT molecular complexity index is 979. The van der Waals surface area contributed by atoms with Crippen molar-refractivity contribution < 1.29 is 19.1 Å². The molecule has 7 heteroatoms. The molecule has 2 aliphatic heterocycles. The van der Waals surface area contributed by atoms with Gasteiger partial charge in [-0.1, -0.05) is 35.4 Å². The van der Waals surface area contributed by atoms with Gasteiger partial charge in [0.1, 0.15) is 13.2 Å². The van der Waals surface area contributed by atoms with Crippen molar-refractivity contribution in [3.05, 3.63) is 57.8 Å². The van der Waals surface area contributed by atoms with Crippen LogP contribution in [-0.4, -0.2) is 42.5 Å². The smallest absolute Gasteiger partial charge is 0.338 e. The Balaban J connectivity index is 1.48. The molecule has 0 saturated carbocycles. The summed E-state index contributed by atoms with van der Waals surface area (Å²) in [7, 11) is 0.